The van der Waals surface area contributed by atoms with Crippen LogP contribution < -0.4 is 15.2 Å². The molecule has 3 N–H and O–H groups in total. The first kappa shape index (κ1) is 15.4. The Morgan fingerprint density at radius 3 is 2.57 bits per heavy atom. The van der Waals surface area contributed by atoms with E-state index >= 15 is 0 Å². The van der Waals surface area contributed by atoms with Gasteiger partial charge in [0.1, 0.15) is 4.60 Å². The van der Waals surface area contributed by atoms with Crippen molar-refractivity contribution in [3.63, 3.8) is 0 Å². The molecule has 1 aromatic carbocycles. The summed E-state index contributed by atoms with van der Waals surface area (Å²) in [5.74, 6) is -1.09. The molecule has 1 aromatic heterocycles. The van der Waals surface area contributed by atoms with Crippen LogP contribution in [0.4, 0.5) is 15.9 Å². The van der Waals surface area contributed by atoms with E-state index in [1.54, 1.807) is 0 Å². The molecular formula is C11H10BrFN4O3S. The van der Waals surface area contributed by atoms with Crippen molar-refractivity contribution in [2.24, 2.45) is 0 Å². The van der Waals surface area contributed by atoms with Crippen LogP contribution in [-0.4, -0.2) is 25.5 Å². The van der Waals surface area contributed by atoms with Crippen LogP contribution in [0.1, 0.15) is 0 Å². The summed E-state index contributed by atoms with van der Waals surface area (Å²) >= 11 is 3.07. The molecule has 0 radical (unpaired) electrons. The average Bonchev–Trinajstić information content (AvgIpc) is 2.41. The number of hydrogen-bond donors (Lipinski definition) is 2. The molecule has 0 spiro atoms. The monoisotopic (exact) mass is 376 g/mol. The van der Waals surface area contributed by atoms with Crippen molar-refractivity contribution in [1.29, 1.82) is 0 Å². The first-order valence-corrected chi connectivity index (χ1v) is 7.74. The van der Waals surface area contributed by atoms with Gasteiger partial charge in [-0.25, -0.2) is 22.8 Å². The summed E-state index contributed by atoms with van der Waals surface area (Å²) < 4.78 is 45.3. The van der Waals surface area contributed by atoms with Crippen molar-refractivity contribution in [2.75, 3.05) is 17.6 Å². The Labute approximate surface area is 128 Å². The quantitative estimate of drug-likeness (QED) is 0.787. The summed E-state index contributed by atoms with van der Waals surface area (Å²) in [6.07, 6.45) is 2.53. The summed E-state index contributed by atoms with van der Waals surface area (Å²) in [6.45, 7) is 0. The zero-order valence-electron chi connectivity index (χ0n) is 10.7. The molecular weight excluding hydrogens is 367 g/mol. The normalized spacial score (nSPS) is 11.2. The van der Waals surface area contributed by atoms with E-state index in [0.29, 0.717) is 4.60 Å². The van der Waals surface area contributed by atoms with Crippen LogP contribution in [0, 0.1) is 5.82 Å². The summed E-state index contributed by atoms with van der Waals surface area (Å²) in [5.41, 5.74) is 5.43. The van der Waals surface area contributed by atoms with Gasteiger partial charge in [-0.15, -0.1) is 0 Å². The van der Waals surface area contributed by atoms with E-state index in [4.69, 9.17) is 10.5 Å². The van der Waals surface area contributed by atoms with Crippen molar-refractivity contribution in [3.8, 4) is 5.75 Å². The zero-order chi connectivity index (χ0) is 15.6. The highest BCUT2D eigenvalue weighted by Crippen LogP contribution is 2.29. The third-order valence-corrected chi connectivity index (χ3v) is 4.16. The smallest absolute Gasteiger partial charge is 0.263 e. The van der Waals surface area contributed by atoms with Gasteiger partial charge in [0.05, 0.1) is 30.1 Å². The number of rotatable bonds is 4. The van der Waals surface area contributed by atoms with E-state index in [9.17, 15) is 12.8 Å². The molecule has 0 amide bonds. The minimum Gasteiger partial charge on any atom is -0.492 e. The number of nitrogen functional groups attached to an aromatic ring is 1. The fourth-order valence-electron chi connectivity index (χ4n) is 1.52. The molecule has 0 aliphatic carbocycles. The van der Waals surface area contributed by atoms with Crippen molar-refractivity contribution in [2.45, 2.75) is 4.90 Å². The van der Waals surface area contributed by atoms with Gasteiger partial charge in [0.2, 0.25) is 0 Å². The Kier molecular flexibility index (Phi) is 4.28. The highest BCUT2D eigenvalue weighted by atomic mass is 79.9. The second-order valence-electron chi connectivity index (χ2n) is 3.86. The number of aromatic nitrogens is 2. The Bertz CT molecular complexity index is 745. The number of nitrogens with two attached hydrogens (primary N) is 1. The Morgan fingerprint density at radius 2 is 2.05 bits per heavy atom. The molecule has 1 heterocycles. The summed E-state index contributed by atoms with van der Waals surface area (Å²) in [4.78, 5) is 7.30. The van der Waals surface area contributed by atoms with Crippen LogP contribution in [0.2, 0.25) is 0 Å². The number of hydrogen-bond acceptors (Lipinski definition) is 6. The fourth-order valence-corrected chi connectivity index (χ4v) is 2.76. The molecule has 2 rings (SSSR count). The van der Waals surface area contributed by atoms with Crippen molar-refractivity contribution in [1.82, 2.24) is 9.97 Å². The molecule has 10 heteroatoms. The molecule has 0 fully saturated rings. The van der Waals surface area contributed by atoms with Gasteiger partial charge in [-0.1, -0.05) is 0 Å². The molecule has 112 valence electrons. The Hall–Kier alpha value is -1.94. The third kappa shape index (κ3) is 3.39. The van der Waals surface area contributed by atoms with E-state index in [2.05, 4.69) is 30.6 Å². The van der Waals surface area contributed by atoms with Crippen LogP contribution in [-0.2, 0) is 10.0 Å². The molecule has 0 unspecified atom stereocenters. The van der Waals surface area contributed by atoms with Gasteiger partial charge < -0.3 is 10.5 Å². The largest absolute Gasteiger partial charge is 0.492 e. The van der Waals surface area contributed by atoms with Crippen LogP contribution in [0.15, 0.2) is 34.0 Å². The van der Waals surface area contributed by atoms with Gasteiger partial charge in [-0.3, -0.25) is 4.72 Å². The number of anilines is 2. The number of methoxy groups -OCH3 is 1. The number of ether oxygens (including phenoxy) is 1. The van der Waals surface area contributed by atoms with Gasteiger partial charge in [-0.05, 0) is 28.1 Å². The predicted molar refractivity (Wildman–Crippen MR) is 77.9 cm³/mol. The second kappa shape index (κ2) is 5.82. The molecule has 0 saturated heterocycles. The van der Waals surface area contributed by atoms with Crippen LogP contribution in [0.5, 0.6) is 5.75 Å². The average molecular weight is 377 g/mol. The molecule has 7 nitrogen and oxygen atoms in total. The lowest BCUT2D eigenvalue weighted by molar-refractivity contribution is 0.388. The van der Waals surface area contributed by atoms with Gasteiger partial charge in [0, 0.05) is 0 Å². The molecule has 21 heavy (non-hydrogen) atoms. The number of halogens is 2. The zero-order valence-corrected chi connectivity index (χ0v) is 13.1. The summed E-state index contributed by atoms with van der Waals surface area (Å²) in [5, 5.41) is 0. The topological polar surface area (TPSA) is 107 Å². The fraction of sp³-hybridized carbons (Fsp3) is 0.0909. The van der Waals surface area contributed by atoms with Crippen molar-refractivity contribution in [3.05, 3.63) is 34.9 Å². The molecule has 0 aliphatic heterocycles. The molecule has 2 aromatic rings. The lowest BCUT2D eigenvalue weighted by Gasteiger charge is -2.10. The maximum absolute atomic E-state index is 13.7. The molecule has 0 aliphatic rings. The molecule has 0 saturated carbocycles. The van der Waals surface area contributed by atoms with Crippen molar-refractivity contribution >= 4 is 37.5 Å². The standard InChI is InChI=1S/C11H10BrFN4O3S/c1-20-11-7(13)2-6(3-8(11)14)21(18,19)17-10-5-15-9(12)4-16-10/h2-5H,14H2,1H3,(H,16,17). The lowest BCUT2D eigenvalue weighted by Crippen LogP contribution is -2.15. The lowest BCUT2D eigenvalue weighted by atomic mass is 10.3. The maximum Gasteiger partial charge on any atom is 0.263 e. The summed E-state index contributed by atoms with van der Waals surface area (Å²) in [7, 11) is -2.80. The Morgan fingerprint density at radius 1 is 1.33 bits per heavy atom. The number of sulfonamides is 1. The highest BCUT2D eigenvalue weighted by molar-refractivity contribution is 9.10. The number of benzene rings is 1. The van der Waals surface area contributed by atoms with E-state index in [-0.39, 0.29) is 22.2 Å². The van der Waals surface area contributed by atoms with Gasteiger partial charge in [-0.2, -0.15) is 0 Å². The van der Waals surface area contributed by atoms with E-state index in [1.807, 2.05) is 0 Å². The summed E-state index contributed by atoms with van der Waals surface area (Å²) in [6, 6.07) is 1.90. The minimum absolute atomic E-state index is 0.00648. The van der Waals surface area contributed by atoms with E-state index < -0.39 is 15.8 Å². The third-order valence-electron chi connectivity index (χ3n) is 2.42. The second-order valence-corrected chi connectivity index (χ2v) is 6.35. The van der Waals surface area contributed by atoms with Crippen LogP contribution in [0.25, 0.3) is 0 Å². The van der Waals surface area contributed by atoms with Gasteiger partial charge in [0.25, 0.3) is 10.0 Å². The van der Waals surface area contributed by atoms with Crippen LogP contribution in [0.3, 0.4) is 0 Å². The van der Waals surface area contributed by atoms with Crippen molar-refractivity contribution < 1.29 is 17.5 Å². The molecule has 0 atom stereocenters. The van der Waals surface area contributed by atoms with E-state index in [0.717, 1.165) is 12.1 Å². The predicted octanol–water partition coefficient (Wildman–Crippen LogP) is 1.77. The maximum atomic E-state index is 13.7. The van der Waals surface area contributed by atoms with Crippen LogP contribution >= 0.6 is 15.9 Å². The SMILES string of the molecule is COc1c(N)cc(S(=O)(=O)Nc2cnc(Br)cn2)cc1F. The number of nitrogens with zero attached hydrogens (tertiary/aromatic N) is 2. The first-order chi connectivity index (χ1) is 9.83. The van der Waals surface area contributed by atoms with E-state index in [1.165, 1.54) is 19.5 Å². The van der Waals surface area contributed by atoms with Gasteiger partial charge in [0.15, 0.2) is 17.4 Å². The van der Waals surface area contributed by atoms with Gasteiger partial charge >= 0.3 is 0 Å². The minimum atomic E-state index is -4.04. The molecule has 0 bridgehead atoms. The number of nitrogens with one attached hydrogen (secondary N) is 1. The Balaban J connectivity index is 2.38. The highest BCUT2D eigenvalue weighted by Gasteiger charge is 2.20. The first-order valence-electron chi connectivity index (χ1n) is 5.47.